The Morgan fingerprint density at radius 2 is 1.39 bits per heavy atom. The summed E-state index contributed by atoms with van der Waals surface area (Å²) in [4.78, 5) is 12.4. The highest BCUT2D eigenvalue weighted by Crippen LogP contribution is 2.44. The van der Waals surface area contributed by atoms with E-state index in [4.69, 9.17) is 4.74 Å². The number of rotatable bonds is 6. The van der Waals surface area contributed by atoms with Crippen molar-refractivity contribution in [2.45, 2.75) is 84.0 Å². The van der Waals surface area contributed by atoms with Gasteiger partial charge in [-0.15, -0.1) is 0 Å². The van der Waals surface area contributed by atoms with Crippen molar-refractivity contribution >= 4 is 5.97 Å². The second kappa shape index (κ2) is 10.5. The first kappa shape index (κ1) is 22.1. The molecular formula is C29H38O2. The molecule has 2 aromatic carbocycles. The first-order valence-corrected chi connectivity index (χ1v) is 12.5. The van der Waals surface area contributed by atoms with Gasteiger partial charge in [-0.25, -0.2) is 4.79 Å². The Morgan fingerprint density at radius 1 is 0.806 bits per heavy atom. The number of aryl methyl sites for hydroxylation is 1. The Bertz CT molecular complexity index is 820. The first-order valence-electron chi connectivity index (χ1n) is 12.5. The number of carbonyl (C=O) groups excluding carboxylic acids is 1. The van der Waals surface area contributed by atoms with Crippen molar-refractivity contribution < 1.29 is 9.53 Å². The quantitative estimate of drug-likeness (QED) is 0.350. The van der Waals surface area contributed by atoms with Crippen LogP contribution in [0, 0.1) is 24.7 Å². The highest BCUT2D eigenvalue weighted by atomic mass is 16.5. The van der Waals surface area contributed by atoms with E-state index in [9.17, 15) is 4.79 Å². The predicted octanol–water partition coefficient (Wildman–Crippen LogP) is 8.09. The molecular weight excluding hydrogens is 380 g/mol. The fraction of sp³-hybridized carbons (Fsp3) is 0.552. The lowest BCUT2D eigenvalue weighted by molar-refractivity contribution is 0.0734. The van der Waals surface area contributed by atoms with Crippen molar-refractivity contribution in [3.8, 4) is 5.75 Å². The summed E-state index contributed by atoms with van der Waals surface area (Å²) in [6.45, 7) is 4.35. The third-order valence-corrected chi connectivity index (χ3v) is 7.88. The molecule has 2 heteroatoms. The SMILES string of the molecule is CCC[C@H]1CC[C@H](C2CCC(c3ccc(C(=O)Oc4ccc(C)cc4)cc3)CC2)CC1. The van der Waals surface area contributed by atoms with E-state index in [0.717, 1.165) is 23.3 Å². The molecule has 2 aromatic rings. The van der Waals surface area contributed by atoms with Gasteiger partial charge in [0.25, 0.3) is 0 Å². The molecule has 4 rings (SSSR count). The molecule has 2 aliphatic carbocycles. The molecule has 0 amide bonds. The topological polar surface area (TPSA) is 26.3 Å². The van der Waals surface area contributed by atoms with Crippen molar-refractivity contribution in [3.05, 3.63) is 65.2 Å². The average Bonchev–Trinajstić information content (AvgIpc) is 2.81. The summed E-state index contributed by atoms with van der Waals surface area (Å²) >= 11 is 0. The van der Waals surface area contributed by atoms with Crippen molar-refractivity contribution in [1.82, 2.24) is 0 Å². The van der Waals surface area contributed by atoms with E-state index in [1.807, 2.05) is 43.3 Å². The summed E-state index contributed by atoms with van der Waals surface area (Å²) < 4.78 is 5.51. The summed E-state index contributed by atoms with van der Waals surface area (Å²) in [6, 6.07) is 15.8. The molecule has 0 spiro atoms. The molecule has 0 unspecified atom stereocenters. The van der Waals surface area contributed by atoms with E-state index in [1.165, 1.54) is 69.8 Å². The van der Waals surface area contributed by atoms with E-state index >= 15 is 0 Å². The highest BCUT2D eigenvalue weighted by molar-refractivity contribution is 5.91. The lowest BCUT2D eigenvalue weighted by Gasteiger charge is -2.38. The molecule has 0 bridgehead atoms. The molecule has 166 valence electrons. The van der Waals surface area contributed by atoms with E-state index in [-0.39, 0.29) is 5.97 Å². The maximum absolute atomic E-state index is 12.4. The molecule has 0 radical (unpaired) electrons. The van der Waals surface area contributed by atoms with Gasteiger partial charge in [0.15, 0.2) is 0 Å². The van der Waals surface area contributed by atoms with Gasteiger partial charge in [-0.2, -0.15) is 0 Å². The minimum Gasteiger partial charge on any atom is -0.423 e. The number of ether oxygens (including phenoxy) is 1. The van der Waals surface area contributed by atoms with Crippen molar-refractivity contribution in [2.24, 2.45) is 17.8 Å². The maximum atomic E-state index is 12.4. The lowest BCUT2D eigenvalue weighted by atomic mass is 9.68. The van der Waals surface area contributed by atoms with E-state index in [0.29, 0.717) is 17.2 Å². The van der Waals surface area contributed by atoms with Crippen LogP contribution >= 0.6 is 0 Å². The summed E-state index contributed by atoms with van der Waals surface area (Å²) in [5.41, 5.74) is 3.17. The van der Waals surface area contributed by atoms with Gasteiger partial charge in [0, 0.05) is 0 Å². The normalized spacial score (nSPS) is 26.4. The van der Waals surface area contributed by atoms with Gasteiger partial charge in [-0.05, 0) is 98.9 Å². The second-order valence-corrected chi connectivity index (χ2v) is 10.0. The molecule has 2 nitrogen and oxygen atoms in total. The number of esters is 1. The van der Waals surface area contributed by atoms with E-state index in [1.54, 1.807) is 0 Å². The molecule has 0 aliphatic heterocycles. The van der Waals surface area contributed by atoms with Crippen LogP contribution in [0.4, 0.5) is 0 Å². The standard InChI is InChI=1S/C29H38O2/c1-3-4-22-7-9-23(10-8-22)24-11-13-25(14-12-24)26-15-17-27(18-16-26)29(30)31-28-19-5-21(2)6-20-28/h5-6,15-20,22-25H,3-4,7-14H2,1-2H3/t22-,23-,24?,25?. The summed E-state index contributed by atoms with van der Waals surface area (Å²) in [7, 11) is 0. The fourth-order valence-electron chi connectivity index (χ4n) is 5.94. The van der Waals surface area contributed by atoms with Gasteiger partial charge in [-0.3, -0.25) is 0 Å². The second-order valence-electron chi connectivity index (χ2n) is 10.0. The van der Waals surface area contributed by atoms with Crippen LogP contribution in [0.3, 0.4) is 0 Å². The molecule has 2 saturated carbocycles. The smallest absolute Gasteiger partial charge is 0.343 e. The predicted molar refractivity (Wildman–Crippen MR) is 128 cm³/mol. The zero-order valence-corrected chi connectivity index (χ0v) is 19.3. The van der Waals surface area contributed by atoms with Gasteiger partial charge in [0.05, 0.1) is 5.56 Å². The van der Waals surface area contributed by atoms with Gasteiger partial charge < -0.3 is 4.74 Å². The summed E-state index contributed by atoms with van der Waals surface area (Å²) in [5, 5.41) is 0. The van der Waals surface area contributed by atoms with E-state index in [2.05, 4.69) is 19.1 Å². The van der Waals surface area contributed by atoms with Crippen LogP contribution in [0.25, 0.3) is 0 Å². The number of benzene rings is 2. The number of hydrogen-bond acceptors (Lipinski definition) is 2. The molecule has 0 aromatic heterocycles. The van der Waals surface area contributed by atoms with Gasteiger partial charge >= 0.3 is 5.97 Å². The van der Waals surface area contributed by atoms with Gasteiger partial charge in [-0.1, -0.05) is 62.4 Å². The Kier molecular flexibility index (Phi) is 7.48. The van der Waals surface area contributed by atoms with Crippen LogP contribution in [-0.2, 0) is 0 Å². The molecule has 2 aliphatic rings. The molecule has 0 atom stereocenters. The monoisotopic (exact) mass is 418 g/mol. The average molecular weight is 419 g/mol. The Hall–Kier alpha value is -2.09. The third-order valence-electron chi connectivity index (χ3n) is 7.88. The fourth-order valence-corrected chi connectivity index (χ4v) is 5.94. The van der Waals surface area contributed by atoms with Crippen molar-refractivity contribution in [2.75, 3.05) is 0 Å². The minimum atomic E-state index is -0.280. The van der Waals surface area contributed by atoms with E-state index < -0.39 is 0 Å². The minimum absolute atomic E-state index is 0.280. The first-order chi connectivity index (χ1) is 15.1. The largest absolute Gasteiger partial charge is 0.423 e. The summed E-state index contributed by atoms with van der Waals surface area (Å²) in [6.07, 6.45) is 14.0. The highest BCUT2D eigenvalue weighted by Gasteiger charge is 2.31. The lowest BCUT2D eigenvalue weighted by Crippen LogP contribution is -2.25. The van der Waals surface area contributed by atoms with Crippen LogP contribution in [-0.4, -0.2) is 5.97 Å². The number of hydrogen-bond donors (Lipinski definition) is 0. The van der Waals surface area contributed by atoms with Crippen LogP contribution in [0.1, 0.15) is 98.5 Å². The molecule has 31 heavy (non-hydrogen) atoms. The summed E-state index contributed by atoms with van der Waals surface area (Å²) in [5.74, 6) is 3.90. The molecule has 0 heterocycles. The Labute approximate surface area is 188 Å². The van der Waals surface area contributed by atoms with Crippen molar-refractivity contribution in [1.29, 1.82) is 0 Å². The van der Waals surface area contributed by atoms with Gasteiger partial charge in [0.2, 0.25) is 0 Å². The Morgan fingerprint density at radius 3 is 1.97 bits per heavy atom. The molecule has 2 fully saturated rings. The van der Waals surface area contributed by atoms with Crippen molar-refractivity contribution in [3.63, 3.8) is 0 Å². The Balaban J connectivity index is 1.26. The van der Waals surface area contributed by atoms with Crippen LogP contribution in [0.2, 0.25) is 0 Å². The molecule has 0 saturated heterocycles. The zero-order chi connectivity index (χ0) is 21.6. The van der Waals surface area contributed by atoms with Crippen LogP contribution < -0.4 is 4.74 Å². The van der Waals surface area contributed by atoms with Crippen LogP contribution in [0.5, 0.6) is 5.75 Å². The van der Waals surface area contributed by atoms with Gasteiger partial charge in [0.1, 0.15) is 5.75 Å². The zero-order valence-electron chi connectivity index (χ0n) is 19.3. The maximum Gasteiger partial charge on any atom is 0.343 e. The molecule has 0 N–H and O–H groups in total. The third kappa shape index (κ3) is 5.79. The number of carbonyl (C=O) groups is 1. The van der Waals surface area contributed by atoms with Crippen LogP contribution in [0.15, 0.2) is 48.5 Å².